The summed E-state index contributed by atoms with van der Waals surface area (Å²) in [6, 6.07) is 12.8. The average molecular weight is 497 g/mol. The Morgan fingerprint density at radius 2 is 1.84 bits per heavy atom. The van der Waals surface area contributed by atoms with Crippen LogP contribution in [0.5, 0.6) is 5.75 Å². The second-order valence-corrected chi connectivity index (χ2v) is 9.96. The van der Waals surface area contributed by atoms with Crippen LogP contribution in [0.1, 0.15) is 0 Å². The highest BCUT2D eigenvalue weighted by Crippen LogP contribution is 2.34. The number of pyridine rings is 2. The number of aromatic nitrogens is 5. The van der Waals surface area contributed by atoms with Crippen LogP contribution in [0.2, 0.25) is 0 Å². The van der Waals surface area contributed by atoms with Gasteiger partial charge >= 0.3 is 0 Å². The molecule has 190 valence electrons. The first-order valence-corrected chi connectivity index (χ1v) is 12.7. The molecule has 2 N–H and O–H groups in total. The standard InChI is InChI=1S/C28H32N8O/c1-34(2)11-12-37-20-13-19(16-29-17-20)24-15-22-26(18-30-24)32-33-28(22)25-14-21-23(31-25)5-4-6-27(21)36-9-7-35(3)8-10-36/h4-6,13-18,31H,7-12H2,1-3H3,(H,32,33). The van der Waals surface area contributed by atoms with Gasteiger partial charge < -0.3 is 24.4 Å². The summed E-state index contributed by atoms with van der Waals surface area (Å²) in [4.78, 5) is 19.6. The summed E-state index contributed by atoms with van der Waals surface area (Å²) in [6.07, 6.45) is 5.39. The van der Waals surface area contributed by atoms with Gasteiger partial charge in [-0.2, -0.15) is 5.10 Å². The normalized spacial score (nSPS) is 14.8. The van der Waals surface area contributed by atoms with Crippen LogP contribution in [0, 0.1) is 0 Å². The summed E-state index contributed by atoms with van der Waals surface area (Å²) in [7, 11) is 6.24. The number of benzene rings is 1. The number of likely N-dealkylation sites (N-methyl/N-ethyl adjacent to an activating group) is 2. The van der Waals surface area contributed by atoms with Crippen molar-refractivity contribution in [1.29, 1.82) is 0 Å². The maximum atomic E-state index is 5.88. The maximum absolute atomic E-state index is 5.88. The molecule has 0 unspecified atom stereocenters. The van der Waals surface area contributed by atoms with Crippen molar-refractivity contribution in [3.05, 3.63) is 55.0 Å². The van der Waals surface area contributed by atoms with Crippen molar-refractivity contribution in [2.24, 2.45) is 0 Å². The molecule has 0 spiro atoms. The van der Waals surface area contributed by atoms with E-state index in [4.69, 9.17) is 4.74 Å². The number of anilines is 1. The summed E-state index contributed by atoms with van der Waals surface area (Å²) in [5.74, 6) is 0.737. The van der Waals surface area contributed by atoms with E-state index in [1.807, 2.05) is 32.6 Å². The predicted molar refractivity (Wildman–Crippen MR) is 148 cm³/mol. The number of nitrogens with one attached hydrogen (secondary N) is 2. The van der Waals surface area contributed by atoms with Gasteiger partial charge in [-0.1, -0.05) is 6.07 Å². The van der Waals surface area contributed by atoms with Crippen LogP contribution in [0.4, 0.5) is 5.69 Å². The average Bonchev–Trinajstić information content (AvgIpc) is 3.53. The minimum absolute atomic E-state index is 0.604. The second kappa shape index (κ2) is 9.84. The minimum atomic E-state index is 0.604. The predicted octanol–water partition coefficient (Wildman–Crippen LogP) is 3.86. The molecular weight excluding hydrogens is 464 g/mol. The SMILES string of the molecule is CN(C)CCOc1cncc(-c2cc3c(-c4cc5c(N6CCN(C)CC6)cccc5[nH]4)n[nH]c3cn2)c1. The molecule has 0 atom stereocenters. The Labute approximate surface area is 216 Å². The van der Waals surface area contributed by atoms with Crippen LogP contribution in [-0.4, -0.2) is 95.4 Å². The van der Waals surface area contributed by atoms with Crippen molar-refractivity contribution >= 4 is 27.5 Å². The van der Waals surface area contributed by atoms with Crippen LogP contribution in [0.25, 0.3) is 44.5 Å². The molecule has 5 aromatic rings. The lowest BCUT2D eigenvalue weighted by Crippen LogP contribution is -2.44. The van der Waals surface area contributed by atoms with Gasteiger partial charge in [0.15, 0.2) is 0 Å². The van der Waals surface area contributed by atoms with Crippen molar-refractivity contribution in [3.63, 3.8) is 0 Å². The summed E-state index contributed by atoms with van der Waals surface area (Å²) >= 11 is 0. The lowest BCUT2D eigenvalue weighted by molar-refractivity contribution is 0.261. The number of ether oxygens (including phenoxy) is 1. The zero-order chi connectivity index (χ0) is 25.4. The van der Waals surface area contributed by atoms with Crippen molar-refractivity contribution in [2.75, 3.05) is 65.4 Å². The minimum Gasteiger partial charge on any atom is -0.491 e. The van der Waals surface area contributed by atoms with E-state index in [1.165, 1.54) is 11.1 Å². The molecule has 0 radical (unpaired) electrons. The Balaban J connectivity index is 1.33. The fourth-order valence-corrected chi connectivity index (χ4v) is 4.85. The number of nitrogens with zero attached hydrogens (tertiary/aromatic N) is 6. The molecule has 4 aromatic heterocycles. The first-order valence-electron chi connectivity index (χ1n) is 12.7. The summed E-state index contributed by atoms with van der Waals surface area (Å²) in [5, 5.41) is 10.0. The van der Waals surface area contributed by atoms with Gasteiger partial charge in [0.05, 0.1) is 29.3 Å². The van der Waals surface area contributed by atoms with Crippen molar-refractivity contribution in [2.45, 2.75) is 0 Å². The molecular formula is C28H32N8O. The van der Waals surface area contributed by atoms with Gasteiger partial charge in [-0.05, 0) is 51.5 Å². The third kappa shape index (κ3) is 4.75. The fourth-order valence-electron chi connectivity index (χ4n) is 4.85. The number of fused-ring (bicyclic) bond motifs is 2. The Bertz CT molecular complexity index is 1530. The fraction of sp³-hybridized carbons (Fsp3) is 0.321. The number of H-pyrrole nitrogens is 2. The Kier molecular flexibility index (Phi) is 6.23. The smallest absolute Gasteiger partial charge is 0.138 e. The van der Waals surface area contributed by atoms with Crippen LogP contribution in [0.3, 0.4) is 0 Å². The summed E-state index contributed by atoms with van der Waals surface area (Å²) < 4.78 is 5.88. The Morgan fingerprint density at radius 3 is 2.68 bits per heavy atom. The number of aromatic amines is 2. The van der Waals surface area contributed by atoms with E-state index in [0.717, 1.165) is 77.5 Å². The molecule has 6 rings (SSSR count). The van der Waals surface area contributed by atoms with Crippen LogP contribution in [0.15, 0.2) is 55.0 Å². The molecule has 5 heterocycles. The topological polar surface area (TPSA) is 89.2 Å². The monoisotopic (exact) mass is 496 g/mol. The number of piperazine rings is 1. The highest BCUT2D eigenvalue weighted by Gasteiger charge is 2.19. The zero-order valence-electron chi connectivity index (χ0n) is 21.5. The first kappa shape index (κ1) is 23.4. The third-order valence-corrected chi connectivity index (χ3v) is 7.00. The van der Waals surface area contributed by atoms with Crippen molar-refractivity contribution < 1.29 is 4.74 Å². The van der Waals surface area contributed by atoms with E-state index in [9.17, 15) is 0 Å². The second-order valence-electron chi connectivity index (χ2n) is 9.96. The maximum Gasteiger partial charge on any atom is 0.138 e. The quantitative estimate of drug-likeness (QED) is 0.354. The van der Waals surface area contributed by atoms with Crippen LogP contribution in [-0.2, 0) is 0 Å². The molecule has 1 aromatic carbocycles. The molecule has 0 saturated carbocycles. The summed E-state index contributed by atoms with van der Waals surface area (Å²) in [6.45, 7) is 5.65. The highest BCUT2D eigenvalue weighted by atomic mass is 16.5. The third-order valence-electron chi connectivity index (χ3n) is 7.00. The van der Waals surface area contributed by atoms with Crippen LogP contribution < -0.4 is 9.64 Å². The van der Waals surface area contributed by atoms with E-state index < -0.39 is 0 Å². The molecule has 1 fully saturated rings. The lowest BCUT2D eigenvalue weighted by atomic mass is 10.1. The lowest BCUT2D eigenvalue weighted by Gasteiger charge is -2.34. The molecule has 1 aliphatic heterocycles. The van der Waals surface area contributed by atoms with Gasteiger partial charge in [0, 0.05) is 66.5 Å². The molecule has 37 heavy (non-hydrogen) atoms. The molecule has 1 saturated heterocycles. The van der Waals surface area contributed by atoms with Gasteiger partial charge in [0.25, 0.3) is 0 Å². The van der Waals surface area contributed by atoms with E-state index >= 15 is 0 Å². The Morgan fingerprint density at radius 1 is 0.973 bits per heavy atom. The molecule has 0 aliphatic carbocycles. The van der Waals surface area contributed by atoms with Gasteiger partial charge in [-0.3, -0.25) is 15.1 Å². The highest BCUT2D eigenvalue weighted by molar-refractivity contribution is 6.00. The van der Waals surface area contributed by atoms with E-state index in [1.54, 1.807) is 6.20 Å². The van der Waals surface area contributed by atoms with E-state index in [0.29, 0.717) is 6.61 Å². The van der Waals surface area contributed by atoms with Crippen molar-refractivity contribution in [3.8, 4) is 28.4 Å². The van der Waals surface area contributed by atoms with Gasteiger partial charge in [0.1, 0.15) is 18.1 Å². The molecule has 0 amide bonds. The first-order chi connectivity index (χ1) is 18.0. The van der Waals surface area contributed by atoms with E-state index in [2.05, 4.69) is 77.2 Å². The number of hydrogen-bond acceptors (Lipinski definition) is 7. The van der Waals surface area contributed by atoms with Gasteiger partial charge in [-0.15, -0.1) is 0 Å². The van der Waals surface area contributed by atoms with Gasteiger partial charge in [-0.25, -0.2) is 0 Å². The zero-order valence-corrected chi connectivity index (χ0v) is 21.5. The molecule has 0 bridgehead atoms. The van der Waals surface area contributed by atoms with Gasteiger partial charge in [0.2, 0.25) is 0 Å². The molecule has 1 aliphatic rings. The van der Waals surface area contributed by atoms with Crippen LogP contribution >= 0.6 is 0 Å². The van der Waals surface area contributed by atoms with Crippen molar-refractivity contribution in [1.82, 2.24) is 34.9 Å². The Hall–Kier alpha value is -3.95. The van der Waals surface area contributed by atoms with E-state index in [-0.39, 0.29) is 0 Å². The molecule has 9 nitrogen and oxygen atoms in total. The number of rotatable bonds is 7. The largest absolute Gasteiger partial charge is 0.491 e. The number of hydrogen-bond donors (Lipinski definition) is 2. The molecule has 9 heteroatoms. The summed E-state index contributed by atoms with van der Waals surface area (Å²) in [5.41, 5.74) is 6.88.